The van der Waals surface area contributed by atoms with Gasteiger partial charge in [0.25, 0.3) is 5.91 Å². The Balaban J connectivity index is 1.86. The third-order valence-corrected chi connectivity index (χ3v) is 3.88. The molecule has 0 saturated carbocycles. The van der Waals surface area contributed by atoms with E-state index in [0.29, 0.717) is 32.8 Å². The molecular formula is C17H20N2O2. The Labute approximate surface area is 124 Å². The fourth-order valence-electron chi connectivity index (χ4n) is 2.70. The van der Waals surface area contributed by atoms with Crippen LogP contribution in [0.5, 0.6) is 0 Å². The average Bonchev–Trinajstić information content (AvgIpc) is 2.55. The standard InChI is InChI=1S/C17H20N2O2/c18-6-5-13-1-2-15-12-16(4-3-14(15)11-13)17(20)19-7-9-21-10-8-19/h1-4,11-12H,5-10,18H2. The first-order valence-electron chi connectivity index (χ1n) is 7.38. The number of fused-ring (bicyclic) bond motifs is 1. The molecule has 1 aliphatic heterocycles. The minimum Gasteiger partial charge on any atom is -0.378 e. The largest absolute Gasteiger partial charge is 0.378 e. The molecule has 1 saturated heterocycles. The fraction of sp³-hybridized carbons (Fsp3) is 0.353. The number of hydrogen-bond acceptors (Lipinski definition) is 3. The molecule has 1 aliphatic rings. The van der Waals surface area contributed by atoms with Gasteiger partial charge in [-0.2, -0.15) is 0 Å². The zero-order valence-electron chi connectivity index (χ0n) is 12.0. The lowest BCUT2D eigenvalue weighted by atomic mass is 10.0. The van der Waals surface area contributed by atoms with Gasteiger partial charge in [-0.25, -0.2) is 0 Å². The Morgan fingerprint density at radius 3 is 2.57 bits per heavy atom. The van der Waals surface area contributed by atoms with Crippen LogP contribution in [0.3, 0.4) is 0 Å². The number of benzene rings is 2. The highest BCUT2D eigenvalue weighted by atomic mass is 16.5. The van der Waals surface area contributed by atoms with Crippen molar-refractivity contribution in [3.05, 3.63) is 47.5 Å². The second-order valence-electron chi connectivity index (χ2n) is 5.34. The molecule has 1 amide bonds. The number of morpholine rings is 1. The van der Waals surface area contributed by atoms with Gasteiger partial charge in [0.15, 0.2) is 0 Å². The number of carbonyl (C=O) groups is 1. The van der Waals surface area contributed by atoms with Crippen molar-refractivity contribution in [2.45, 2.75) is 6.42 Å². The molecule has 110 valence electrons. The SMILES string of the molecule is NCCc1ccc2cc(C(=O)N3CCOCC3)ccc2c1. The van der Waals surface area contributed by atoms with Gasteiger partial charge in [-0.3, -0.25) is 4.79 Å². The average molecular weight is 284 g/mol. The predicted octanol–water partition coefficient (Wildman–Crippen LogP) is 1.81. The van der Waals surface area contributed by atoms with Crippen LogP contribution in [-0.4, -0.2) is 43.7 Å². The fourth-order valence-corrected chi connectivity index (χ4v) is 2.70. The van der Waals surface area contributed by atoms with Crippen molar-refractivity contribution in [1.82, 2.24) is 4.90 Å². The second kappa shape index (κ2) is 6.24. The van der Waals surface area contributed by atoms with Gasteiger partial charge in [-0.15, -0.1) is 0 Å². The number of nitrogens with zero attached hydrogens (tertiary/aromatic N) is 1. The molecule has 0 unspecified atom stereocenters. The summed E-state index contributed by atoms with van der Waals surface area (Å²) in [7, 11) is 0. The van der Waals surface area contributed by atoms with Crippen LogP contribution in [0.4, 0.5) is 0 Å². The highest BCUT2D eigenvalue weighted by Crippen LogP contribution is 2.19. The second-order valence-corrected chi connectivity index (χ2v) is 5.34. The monoisotopic (exact) mass is 284 g/mol. The Morgan fingerprint density at radius 1 is 1.10 bits per heavy atom. The maximum absolute atomic E-state index is 12.5. The van der Waals surface area contributed by atoms with Crippen molar-refractivity contribution in [1.29, 1.82) is 0 Å². The number of hydrogen-bond donors (Lipinski definition) is 1. The van der Waals surface area contributed by atoms with Gasteiger partial charge in [0.2, 0.25) is 0 Å². The zero-order chi connectivity index (χ0) is 14.7. The molecule has 3 rings (SSSR count). The summed E-state index contributed by atoms with van der Waals surface area (Å²) in [5.41, 5.74) is 7.57. The number of nitrogens with two attached hydrogens (primary N) is 1. The van der Waals surface area contributed by atoms with Crippen molar-refractivity contribution in [3.8, 4) is 0 Å². The van der Waals surface area contributed by atoms with E-state index in [4.69, 9.17) is 10.5 Å². The Morgan fingerprint density at radius 2 is 1.81 bits per heavy atom. The van der Waals surface area contributed by atoms with Gasteiger partial charge in [0.05, 0.1) is 13.2 Å². The lowest BCUT2D eigenvalue weighted by Gasteiger charge is -2.27. The van der Waals surface area contributed by atoms with Crippen LogP contribution in [-0.2, 0) is 11.2 Å². The topological polar surface area (TPSA) is 55.6 Å². The molecule has 0 aliphatic carbocycles. The molecule has 4 heteroatoms. The normalized spacial score (nSPS) is 15.4. The van der Waals surface area contributed by atoms with Gasteiger partial charge < -0.3 is 15.4 Å². The summed E-state index contributed by atoms with van der Waals surface area (Å²) in [6.45, 7) is 3.25. The first-order chi connectivity index (χ1) is 10.3. The summed E-state index contributed by atoms with van der Waals surface area (Å²) in [6, 6.07) is 12.2. The summed E-state index contributed by atoms with van der Waals surface area (Å²) < 4.78 is 5.29. The van der Waals surface area contributed by atoms with Crippen molar-refractivity contribution in [3.63, 3.8) is 0 Å². The van der Waals surface area contributed by atoms with Gasteiger partial charge in [0.1, 0.15) is 0 Å². The predicted molar refractivity (Wildman–Crippen MR) is 83.4 cm³/mol. The summed E-state index contributed by atoms with van der Waals surface area (Å²) in [5.74, 6) is 0.0891. The van der Waals surface area contributed by atoms with Gasteiger partial charge >= 0.3 is 0 Å². The quantitative estimate of drug-likeness (QED) is 0.935. The van der Waals surface area contributed by atoms with Crippen LogP contribution in [0.25, 0.3) is 10.8 Å². The number of ether oxygens (including phenoxy) is 1. The van der Waals surface area contributed by atoms with E-state index in [1.54, 1.807) is 0 Å². The lowest BCUT2D eigenvalue weighted by Crippen LogP contribution is -2.40. The summed E-state index contributed by atoms with van der Waals surface area (Å²) in [4.78, 5) is 14.3. The van der Waals surface area contributed by atoms with Crippen LogP contribution in [0.15, 0.2) is 36.4 Å². The zero-order valence-corrected chi connectivity index (χ0v) is 12.0. The van der Waals surface area contributed by atoms with Crippen molar-refractivity contribution in [2.24, 2.45) is 5.73 Å². The van der Waals surface area contributed by atoms with E-state index in [1.807, 2.05) is 23.1 Å². The molecule has 0 atom stereocenters. The maximum Gasteiger partial charge on any atom is 0.254 e. The van der Waals surface area contributed by atoms with E-state index in [1.165, 1.54) is 5.56 Å². The van der Waals surface area contributed by atoms with Crippen molar-refractivity contribution >= 4 is 16.7 Å². The first-order valence-corrected chi connectivity index (χ1v) is 7.38. The van der Waals surface area contributed by atoms with E-state index in [2.05, 4.69) is 18.2 Å². The summed E-state index contributed by atoms with van der Waals surface area (Å²) >= 11 is 0. The number of carbonyl (C=O) groups excluding carboxylic acids is 1. The highest BCUT2D eigenvalue weighted by Gasteiger charge is 2.18. The van der Waals surface area contributed by atoms with Crippen molar-refractivity contribution < 1.29 is 9.53 Å². The van der Waals surface area contributed by atoms with E-state index in [9.17, 15) is 4.79 Å². The molecule has 0 aromatic heterocycles. The summed E-state index contributed by atoms with van der Waals surface area (Å²) in [5, 5.41) is 2.24. The number of amides is 1. The van der Waals surface area contributed by atoms with Gasteiger partial charge in [-0.1, -0.05) is 24.3 Å². The molecule has 21 heavy (non-hydrogen) atoms. The molecule has 1 fully saturated rings. The molecule has 0 radical (unpaired) electrons. The smallest absolute Gasteiger partial charge is 0.254 e. The Bertz CT molecular complexity index is 648. The molecule has 2 aromatic carbocycles. The minimum atomic E-state index is 0.0891. The molecule has 0 spiro atoms. The highest BCUT2D eigenvalue weighted by molar-refractivity contribution is 5.98. The van der Waals surface area contributed by atoms with E-state index in [-0.39, 0.29) is 5.91 Å². The van der Waals surface area contributed by atoms with E-state index < -0.39 is 0 Å². The Hall–Kier alpha value is -1.91. The van der Waals surface area contributed by atoms with E-state index in [0.717, 1.165) is 22.8 Å². The lowest BCUT2D eigenvalue weighted by molar-refractivity contribution is 0.0303. The third-order valence-electron chi connectivity index (χ3n) is 3.88. The first kappa shape index (κ1) is 14.0. The van der Waals surface area contributed by atoms with Gasteiger partial charge in [0, 0.05) is 18.7 Å². The number of rotatable bonds is 3. The van der Waals surface area contributed by atoms with E-state index >= 15 is 0 Å². The minimum absolute atomic E-state index is 0.0891. The molecule has 1 heterocycles. The maximum atomic E-state index is 12.5. The molecular weight excluding hydrogens is 264 g/mol. The van der Waals surface area contributed by atoms with Crippen molar-refractivity contribution in [2.75, 3.05) is 32.8 Å². The van der Waals surface area contributed by atoms with Crippen LogP contribution in [0.2, 0.25) is 0 Å². The molecule has 2 aromatic rings. The van der Waals surface area contributed by atoms with Crippen LogP contribution in [0.1, 0.15) is 15.9 Å². The molecule has 0 bridgehead atoms. The third kappa shape index (κ3) is 3.06. The molecule has 4 nitrogen and oxygen atoms in total. The Kier molecular flexibility index (Phi) is 4.18. The summed E-state index contributed by atoms with van der Waals surface area (Å²) in [6.07, 6.45) is 0.879. The molecule has 2 N–H and O–H groups in total. The van der Waals surface area contributed by atoms with Crippen LogP contribution >= 0.6 is 0 Å². The van der Waals surface area contributed by atoms with Gasteiger partial charge in [-0.05, 0) is 41.4 Å². The van der Waals surface area contributed by atoms with Crippen LogP contribution < -0.4 is 5.73 Å². The van der Waals surface area contributed by atoms with Crippen LogP contribution in [0, 0.1) is 0 Å².